The van der Waals surface area contributed by atoms with E-state index in [-0.39, 0.29) is 17.5 Å². The van der Waals surface area contributed by atoms with Crippen LogP contribution in [0.5, 0.6) is 0 Å². The average molecular weight is 359 g/mol. The third kappa shape index (κ3) is 4.26. The van der Waals surface area contributed by atoms with Crippen LogP contribution in [0.1, 0.15) is 57.7 Å². The zero-order valence-electron chi connectivity index (χ0n) is 15.4. The Balaban J connectivity index is 1.64. The lowest BCUT2D eigenvalue weighted by molar-refractivity contribution is -0.121. The number of tetrazole rings is 1. The predicted octanol–water partition coefficient (Wildman–Crippen LogP) is 4.04. The lowest BCUT2D eigenvalue weighted by Gasteiger charge is -2.27. The Morgan fingerprint density at radius 2 is 2.08 bits per heavy atom. The van der Waals surface area contributed by atoms with Crippen molar-refractivity contribution in [2.24, 2.45) is 11.8 Å². The highest BCUT2D eigenvalue weighted by Crippen LogP contribution is 2.33. The second kappa shape index (κ2) is 8.38. The van der Waals surface area contributed by atoms with Gasteiger partial charge in [-0.15, -0.1) is 5.10 Å². The molecule has 0 radical (unpaired) electrons. The third-order valence-electron chi connectivity index (χ3n) is 5.26. The standard InChI is InChI=1S/C19H26FN5O/c1-3-4-5-14-6-8-15(9-7-14)19(26)21-18-12-16(10-11-17(18)20)25-13(2)22-23-24-25/h10-12,14-15H,3-9H2,1-2H3,(H,21,26). The van der Waals surface area contributed by atoms with E-state index in [0.29, 0.717) is 11.5 Å². The number of halogens is 1. The number of nitrogens with one attached hydrogen (secondary N) is 1. The number of aromatic nitrogens is 4. The van der Waals surface area contributed by atoms with E-state index in [1.165, 1.54) is 30.0 Å². The van der Waals surface area contributed by atoms with Gasteiger partial charge in [-0.2, -0.15) is 4.68 Å². The van der Waals surface area contributed by atoms with Gasteiger partial charge in [0.25, 0.3) is 0 Å². The number of amides is 1. The molecule has 1 N–H and O–H groups in total. The minimum Gasteiger partial charge on any atom is -0.323 e. The van der Waals surface area contributed by atoms with Crippen molar-refractivity contribution in [3.63, 3.8) is 0 Å². The number of aryl methyl sites for hydroxylation is 1. The van der Waals surface area contributed by atoms with Crippen LogP contribution in [0.3, 0.4) is 0 Å². The average Bonchev–Trinajstić information content (AvgIpc) is 3.08. The van der Waals surface area contributed by atoms with Crippen molar-refractivity contribution in [2.75, 3.05) is 5.32 Å². The minimum atomic E-state index is -0.454. The molecule has 6 nitrogen and oxygen atoms in total. The van der Waals surface area contributed by atoms with Crippen LogP contribution < -0.4 is 5.32 Å². The quantitative estimate of drug-likeness (QED) is 0.845. The molecule has 1 aliphatic rings. The highest BCUT2D eigenvalue weighted by atomic mass is 19.1. The van der Waals surface area contributed by atoms with E-state index >= 15 is 0 Å². The number of hydrogen-bond acceptors (Lipinski definition) is 4. The van der Waals surface area contributed by atoms with Crippen LogP contribution in [-0.4, -0.2) is 26.1 Å². The van der Waals surface area contributed by atoms with E-state index in [0.717, 1.165) is 31.6 Å². The Hall–Kier alpha value is -2.31. The first-order chi connectivity index (χ1) is 12.6. The van der Waals surface area contributed by atoms with Crippen molar-refractivity contribution >= 4 is 11.6 Å². The van der Waals surface area contributed by atoms with Crippen molar-refractivity contribution in [2.45, 2.75) is 58.8 Å². The van der Waals surface area contributed by atoms with Gasteiger partial charge in [0.1, 0.15) is 5.82 Å². The van der Waals surface area contributed by atoms with Crippen molar-refractivity contribution in [3.8, 4) is 5.69 Å². The number of nitrogens with zero attached hydrogens (tertiary/aromatic N) is 4. The summed E-state index contributed by atoms with van der Waals surface area (Å²) in [7, 11) is 0. The Labute approximate surface area is 153 Å². The molecule has 26 heavy (non-hydrogen) atoms. The molecule has 0 atom stereocenters. The molecule has 0 bridgehead atoms. The number of benzene rings is 1. The number of rotatable bonds is 6. The first kappa shape index (κ1) is 18.5. The summed E-state index contributed by atoms with van der Waals surface area (Å²) >= 11 is 0. The van der Waals surface area contributed by atoms with Gasteiger partial charge >= 0.3 is 0 Å². The second-order valence-electron chi connectivity index (χ2n) is 7.15. The zero-order chi connectivity index (χ0) is 18.5. The number of hydrogen-bond donors (Lipinski definition) is 1. The molecule has 2 aromatic rings. The smallest absolute Gasteiger partial charge is 0.227 e. The van der Waals surface area contributed by atoms with E-state index in [1.807, 2.05) is 0 Å². The molecule has 1 amide bonds. The van der Waals surface area contributed by atoms with Crippen LogP contribution in [0.2, 0.25) is 0 Å². The molecule has 7 heteroatoms. The van der Waals surface area contributed by atoms with Crippen molar-refractivity contribution in [1.82, 2.24) is 20.2 Å². The molecule has 1 heterocycles. The van der Waals surface area contributed by atoms with Crippen LogP contribution in [0, 0.1) is 24.6 Å². The van der Waals surface area contributed by atoms with Gasteiger partial charge in [0.2, 0.25) is 5.91 Å². The van der Waals surface area contributed by atoms with Crippen molar-refractivity contribution < 1.29 is 9.18 Å². The van der Waals surface area contributed by atoms with E-state index in [4.69, 9.17) is 0 Å². The summed E-state index contributed by atoms with van der Waals surface area (Å²) < 4.78 is 15.7. The number of unbranched alkanes of at least 4 members (excludes halogenated alkanes) is 1. The van der Waals surface area contributed by atoms with E-state index in [1.54, 1.807) is 19.1 Å². The highest BCUT2D eigenvalue weighted by molar-refractivity contribution is 5.93. The SMILES string of the molecule is CCCCC1CCC(C(=O)Nc2cc(-n3nnnc3C)ccc2F)CC1. The van der Waals surface area contributed by atoms with Crippen LogP contribution in [0.15, 0.2) is 18.2 Å². The molecule has 3 rings (SSSR count). The fourth-order valence-corrected chi connectivity index (χ4v) is 3.65. The monoisotopic (exact) mass is 359 g/mol. The summed E-state index contributed by atoms with van der Waals surface area (Å²) in [5.74, 6) is 0.750. The Bertz CT molecular complexity index is 752. The molecule has 1 aromatic heterocycles. The first-order valence-corrected chi connectivity index (χ1v) is 9.44. The molecular weight excluding hydrogens is 333 g/mol. The van der Waals surface area contributed by atoms with Gasteiger partial charge < -0.3 is 5.32 Å². The van der Waals surface area contributed by atoms with E-state index in [2.05, 4.69) is 27.8 Å². The first-order valence-electron chi connectivity index (χ1n) is 9.44. The molecule has 0 saturated heterocycles. The van der Waals surface area contributed by atoms with Crippen LogP contribution in [-0.2, 0) is 4.79 Å². The minimum absolute atomic E-state index is 0.0364. The van der Waals surface area contributed by atoms with Gasteiger partial charge in [-0.3, -0.25) is 4.79 Å². The van der Waals surface area contributed by atoms with E-state index < -0.39 is 5.82 Å². The molecule has 0 spiro atoms. The van der Waals surface area contributed by atoms with Gasteiger partial charge in [0.15, 0.2) is 5.82 Å². The Kier molecular flexibility index (Phi) is 5.96. The lowest BCUT2D eigenvalue weighted by Crippen LogP contribution is -2.27. The maximum atomic E-state index is 14.2. The van der Waals surface area contributed by atoms with Gasteiger partial charge in [-0.05, 0) is 67.2 Å². The molecular formula is C19H26FN5O. The molecule has 1 aliphatic carbocycles. The molecule has 1 aromatic carbocycles. The maximum absolute atomic E-state index is 14.2. The number of anilines is 1. The van der Waals surface area contributed by atoms with Crippen molar-refractivity contribution in [1.29, 1.82) is 0 Å². The fraction of sp³-hybridized carbons (Fsp3) is 0.579. The van der Waals surface area contributed by atoms with Gasteiger partial charge in [-0.1, -0.05) is 26.2 Å². The molecule has 0 unspecified atom stereocenters. The summed E-state index contributed by atoms with van der Waals surface area (Å²) in [5.41, 5.74) is 0.794. The fourth-order valence-electron chi connectivity index (χ4n) is 3.65. The largest absolute Gasteiger partial charge is 0.323 e. The lowest BCUT2D eigenvalue weighted by atomic mass is 9.79. The summed E-state index contributed by atoms with van der Waals surface area (Å²) in [4.78, 5) is 12.6. The Morgan fingerprint density at radius 3 is 2.73 bits per heavy atom. The van der Waals surface area contributed by atoms with Crippen molar-refractivity contribution in [3.05, 3.63) is 29.8 Å². The van der Waals surface area contributed by atoms with Gasteiger partial charge in [-0.25, -0.2) is 4.39 Å². The Morgan fingerprint density at radius 1 is 1.31 bits per heavy atom. The maximum Gasteiger partial charge on any atom is 0.227 e. The normalized spacial score (nSPS) is 20.1. The molecule has 140 valence electrons. The van der Waals surface area contributed by atoms with Crippen LogP contribution in [0.4, 0.5) is 10.1 Å². The number of carbonyl (C=O) groups is 1. The highest BCUT2D eigenvalue weighted by Gasteiger charge is 2.26. The van der Waals surface area contributed by atoms with E-state index in [9.17, 15) is 9.18 Å². The third-order valence-corrected chi connectivity index (χ3v) is 5.26. The molecule has 1 saturated carbocycles. The predicted molar refractivity (Wildman–Crippen MR) is 97.5 cm³/mol. The molecule has 1 fully saturated rings. The van der Waals surface area contributed by atoms with Crippen LogP contribution in [0.25, 0.3) is 5.69 Å². The summed E-state index contributed by atoms with van der Waals surface area (Å²) in [6, 6.07) is 4.49. The number of carbonyl (C=O) groups excluding carboxylic acids is 1. The van der Waals surface area contributed by atoms with Gasteiger partial charge in [0.05, 0.1) is 11.4 Å². The van der Waals surface area contributed by atoms with Gasteiger partial charge in [0, 0.05) is 5.92 Å². The summed E-state index contributed by atoms with van der Waals surface area (Å²) in [6.07, 6.45) is 7.68. The molecule has 0 aliphatic heterocycles. The zero-order valence-corrected chi connectivity index (χ0v) is 15.4. The summed E-state index contributed by atoms with van der Waals surface area (Å²) in [6.45, 7) is 3.97. The van der Waals surface area contributed by atoms with Crippen LogP contribution >= 0.6 is 0 Å². The second-order valence-corrected chi connectivity index (χ2v) is 7.15. The topological polar surface area (TPSA) is 72.7 Å². The summed E-state index contributed by atoms with van der Waals surface area (Å²) in [5, 5.41) is 14.1.